The lowest BCUT2D eigenvalue weighted by molar-refractivity contribution is 0.190. The largest absolute Gasteiger partial charge is 0.393 e. The van der Waals surface area contributed by atoms with Crippen molar-refractivity contribution in [2.45, 2.75) is 6.04 Å². The number of aromatic nitrogens is 2. The SMILES string of the molecule is COCCN(CCOC)c1ncnc(N2CCN(C(c3ccccc3)c3ccccc3)CC2)c1N. The fraction of sp³-hybridized carbons (Fsp3) is 0.407. The first-order valence-electron chi connectivity index (χ1n) is 12.1. The normalized spacial score (nSPS) is 14.4. The van der Waals surface area contributed by atoms with E-state index in [-0.39, 0.29) is 6.04 Å². The number of nitrogens with zero attached hydrogens (tertiary/aromatic N) is 5. The Morgan fingerprint density at radius 1 is 0.829 bits per heavy atom. The van der Waals surface area contributed by atoms with Crippen molar-refractivity contribution in [1.82, 2.24) is 14.9 Å². The molecule has 2 N–H and O–H groups in total. The number of anilines is 3. The number of hydrogen-bond donors (Lipinski definition) is 1. The summed E-state index contributed by atoms with van der Waals surface area (Å²) in [6, 6.07) is 21.7. The monoisotopic (exact) mass is 476 g/mol. The van der Waals surface area contributed by atoms with E-state index in [4.69, 9.17) is 15.2 Å². The molecule has 186 valence electrons. The van der Waals surface area contributed by atoms with E-state index in [0.717, 1.165) is 37.8 Å². The Hall–Kier alpha value is -3.20. The number of methoxy groups -OCH3 is 2. The molecule has 0 aliphatic carbocycles. The van der Waals surface area contributed by atoms with Gasteiger partial charge in [-0.2, -0.15) is 0 Å². The summed E-state index contributed by atoms with van der Waals surface area (Å²) in [6.45, 7) is 6.03. The van der Waals surface area contributed by atoms with Crippen LogP contribution in [0.5, 0.6) is 0 Å². The van der Waals surface area contributed by atoms with Crippen LogP contribution >= 0.6 is 0 Å². The lowest BCUT2D eigenvalue weighted by Crippen LogP contribution is -2.48. The average Bonchev–Trinajstić information content (AvgIpc) is 2.91. The van der Waals surface area contributed by atoms with Crippen LogP contribution in [0.1, 0.15) is 17.2 Å². The molecule has 0 spiro atoms. The van der Waals surface area contributed by atoms with E-state index >= 15 is 0 Å². The summed E-state index contributed by atoms with van der Waals surface area (Å²) in [5.41, 5.74) is 9.86. The molecule has 1 aliphatic rings. The molecule has 4 rings (SSSR count). The van der Waals surface area contributed by atoms with Crippen LogP contribution in [-0.2, 0) is 9.47 Å². The van der Waals surface area contributed by atoms with E-state index in [1.807, 2.05) is 0 Å². The maximum atomic E-state index is 6.63. The van der Waals surface area contributed by atoms with Gasteiger partial charge in [0.15, 0.2) is 11.6 Å². The van der Waals surface area contributed by atoms with Crippen molar-refractivity contribution in [1.29, 1.82) is 0 Å². The van der Waals surface area contributed by atoms with Crippen molar-refractivity contribution >= 4 is 17.3 Å². The Morgan fingerprint density at radius 2 is 1.37 bits per heavy atom. The van der Waals surface area contributed by atoms with Crippen LogP contribution in [0, 0.1) is 0 Å². The van der Waals surface area contributed by atoms with Crippen molar-refractivity contribution < 1.29 is 9.47 Å². The fourth-order valence-corrected chi connectivity index (χ4v) is 4.68. The summed E-state index contributed by atoms with van der Waals surface area (Å²) in [4.78, 5) is 16.0. The Kier molecular flexibility index (Phi) is 8.89. The van der Waals surface area contributed by atoms with Gasteiger partial charge < -0.3 is 25.0 Å². The molecule has 8 nitrogen and oxygen atoms in total. The molecule has 1 saturated heterocycles. The smallest absolute Gasteiger partial charge is 0.157 e. The topological polar surface area (TPSA) is 80.0 Å². The Labute approximate surface area is 208 Å². The summed E-state index contributed by atoms with van der Waals surface area (Å²) in [5.74, 6) is 1.53. The zero-order chi connectivity index (χ0) is 24.5. The van der Waals surface area contributed by atoms with Crippen LogP contribution < -0.4 is 15.5 Å². The maximum Gasteiger partial charge on any atom is 0.157 e. The predicted octanol–water partition coefficient (Wildman–Crippen LogP) is 3.07. The standard InChI is InChI=1S/C27H36N6O2/c1-34-19-17-33(18-20-35-2)27-24(28)26(29-21-30-27)32-15-13-31(14-16-32)25(22-9-5-3-6-10-22)23-11-7-4-8-12-23/h3-12,21,25H,13-20,28H2,1-2H3. The second-order valence-corrected chi connectivity index (χ2v) is 8.65. The Morgan fingerprint density at radius 3 is 1.89 bits per heavy atom. The van der Waals surface area contributed by atoms with Crippen LogP contribution in [0.15, 0.2) is 67.0 Å². The van der Waals surface area contributed by atoms with E-state index in [0.29, 0.717) is 32.0 Å². The van der Waals surface area contributed by atoms with Gasteiger partial charge in [0.1, 0.15) is 12.0 Å². The summed E-state index contributed by atoms with van der Waals surface area (Å²) in [5, 5.41) is 0. The lowest BCUT2D eigenvalue weighted by atomic mass is 9.96. The number of hydrogen-bond acceptors (Lipinski definition) is 8. The number of piperazine rings is 1. The number of benzene rings is 2. The number of nitrogens with two attached hydrogens (primary N) is 1. The van der Waals surface area contributed by atoms with Crippen LogP contribution in [0.2, 0.25) is 0 Å². The van der Waals surface area contributed by atoms with Gasteiger partial charge in [-0.1, -0.05) is 60.7 Å². The van der Waals surface area contributed by atoms with Crippen molar-refractivity contribution in [3.8, 4) is 0 Å². The van der Waals surface area contributed by atoms with Gasteiger partial charge in [0.05, 0.1) is 19.3 Å². The molecule has 0 radical (unpaired) electrons. The van der Waals surface area contributed by atoms with Crippen molar-refractivity contribution in [2.24, 2.45) is 0 Å². The van der Waals surface area contributed by atoms with Gasteiger partial charge in [-0.05, 0) is 11.1 Å². The molecule has 8 heteroatoms. The molecule has 0 saturated carbocycles. The first kappa shape index (κ1) is 24.9. The first-order valence-corrected chi connectivity index (χ1v) is 12.1. The molecule has 0 atom stereocenters. The molecule has 3 aromatic rings. The van der Waals surface area contributed by atoms with Crippen LogP contribution in [0.4, 0.5) is 17.3 Å². The molecule has 0 amide bonds. The third-order valence-electron chi connectivity index (χ3n) is 6.48. The maximum absolute atomic E-state index is 6.63. The summed E-state index contributed by atoms with van der Waals surface area (Å²) >= 11 is 0. The van der Waals surface area contributed by atoms with Crippen LogP contribution in [0.25, 0.3) is 0 Å². The molecule has 1 fully saturated rings. The highest BCUT2D eigenvalue weighted by atomic mass is 16.5. The van der Waals surface area contributed by atoms with Crippen molar-refractivity contribution in [3.63, 3.8) is 0 Å². The minimum atomic E-state index is 0.219. The molecule has 0 unspecified atom stereocenters. The minimum Gasteiger partial charge on any atom is -0.393 e. The number of ether oxygens (including phenoxy) is 2. The zero-order valence-corrected chi connectivity index (χ0v) is 20.7. The van der Waals surface area contributed by atoms with E-state index in [2.05, 4.69) is 85.3 Å². The van der Waals surface area contributed by atoms with Gasteiger partial charge in [0.25, 0.3) is 0 Å². The molecule has 35 heavy (non-hydrogen) atoms. The average molecular weight is 477 g/mol. The van der Waals surface area contributed by atoms with Crippen LogP contribution in [0.3, 0.4) is 0 Å². The minimum absolute atomic E-state index is 0.219. The molecular formula is C27H36N6O2. The fourth-order valence-electron chi connectivity index (χ4n) is 4.68. The summed E-state index contributed by atoms with van der Waals surface area (Å²) in [7, 11) is 3.39. The molecule has 1 aromatic heterocycles. The second-order valence-electron chi connectivity index (χ2n) is 8.65. The number of rotatable bonds is 11. The third kappa shape index (κ3) is 6.08. The molecule has 0 bridgehead atoms. The molecule has 2 aromatic carbocycles. The first-order chi connectivity index (χ1) is 17.2. The third-order valence-corrected chi connectivity index (χ3v) is 6.48. The van der Waals surface area contributed by atoms with Crippen LogP contribution in [-0.4, -0.2) is 81.6 Å². The number of nitrogen functional groups attached to an aromatic ring is 1. The zero-order valence-electron chi connectivity index (χ0n) is 20.7. The van der Waals surface area contributed by atoms with E-state index in [1.165, 1.54) is 11.1 Å². The van der Waals surface area contributed by atoms with E-state index in [1.54, 1.807) is 20.5 Å². The Bertz CT molecular complexity index is 981. The highest BCUT2D eigenvalue weighted by molar-refractivity contribution is 5.75. The van der Waals surface area contributed by atoms with Gasteiger partial charge in [-0.15, -0.1) is 0 Å². The second kappa shape index (κ2) is 12.5. The molecule has 2 heterocycles. The predicted molar refractivity (Wildman–Crippen MR) is 141 cm³/mol. The van der Waals surface area contributed by atoms with Crippen molar-refractivity contribution in [2.75, 3.05) is 82.2 Å². The van der Waals surface area contributed by atoms with Gasteiger partial charge in [-0.3, -0.25) is 4.90 Å². The van der Waals surface area contributed by atoms with Gasteiger partial charge >= 0.3 is 0 Å². The van der Waals surface area contributed by atoms with Gasteiger partial charge in [0, 0.05) is 53.5 Å². The van der Waals surface area contributed by atoms with Gasteiger partial charge in [0.2, 0.25) is 0 Å². The van der Waals surface area contributed by atoms with Gasteiger partial charge in [-0.25, -0.2) is 9.97 Å². The Balaban J connectivity index is 1.51. The lowest BCUT2D eigenvalue weighted by Gasteiger charge is -2.40. The quantitative estimate of drug-likeness (QED) is 0.452. The molecule has 1 aliphatic heterocycles. The summed E-state index contributed by atoms with van der Waals surface area (Å²) in [6.07, 6.45) is 1.61. The highest BCUT2D eigenvalue weighted by Crippen LogP contribution is 2.33. The van der Waals surface area contributed by atoms with Crippen molar-refractivity contribution in [3.05, 3.63) is 78.1 Å². The highest BCUT2D eigenvalue weighted by Gasteiger charge is 2.28. The van der Waals surface area contributed by atoms with E-state index in [9.17, 15) is 0 Å². The van der Waals surface area contributed by atoms with E-state index < -0.39 is 0 Å². The summed E-state index contributed by atoms with van der Waals surface area (Å²) < 4.78 is 10.6. The molecular weight excluding hydrogens is 440 g/mol.